The van der Waals surface area contributed by atoms with Crippen LogP contribution in [0.4, 0.5) is 5.69 Å². The Labute approximate surface area is 286 Å². The lowest BCUT2D eigenvalue weighted by atomic mass is 9.72. The number of carboxylic acid groups (broad SMARTS) is 1. The summed E-state index contributed by atoms with van der Waals surface area (Å²) in [6, 6.07) is 9.00. The van der Waals surface area contributed by atoms with Gasteiger partial charge in [-0.3, -0.25) is 14.6 Å². The van der Waals surface area contributed by atoms with E-state index < -0.39 is 39.4 Å². The summed E-state index contributed by atoms with van der Waals surface area (Å²) in [5, 5.41) is 15.9. The molecule has 0 radical (unpaired) electrons. The van der Waals surface area contributed by atoms with E-state index in [0.29, 0.717) is 17.7 Å². The second-order valence-corrected chi connectivity index (χ2v) is 15.2. The van der Waals surface area contributed by atoms with E-state index in [9.17, 15) is 27.9 Å². The van der Waals surface area contributed by atoms with Crippen molar-refractivity contribution in [2.45, 2.75) is 55.5 Å². The van der Waals surface area contributed by atoms with Crippen LogP contribution in [0.5, 0.6) is 0 Å². The van der Waals surface area contributed by atoms with Gasteiger partial charge < -0.3 is 15.7 Å². The standard InChI is InChI=1S/C31H30Cl4N4O6S/c1-31(23-5-3-2-4-18(23)16-39(31)46(44,45)22-12-19(32)11-20(33)13-22)30(43)38-26(29(41)42)10-17-6-8-21(9-7-17)37-28(40)27-24(34)14-36-15-25(27)35/h6-9,11-15,18,23,26H,2-5,10,16H2,1H3,(H,37,40)(H,38,43)(H,41,42)/t18?,23?,26-,31?/m0/s1. The van der Waals surface area contributed by atoms with Gasteiger partial charge in [0.2, 0.25) is 15.9 Å². The molecule has 3 unspecified atom stereocenters. The Hall–Kier alpha value is -2.93. The number of pyridine rings is 1. The number of carbonyl (C=O) groups is 3. The molecule has 1 saturated carbocycles. The summed E-state index contributed by atoms with van der Waals surface area (Å²) in [6.45, 7) is 1.68. The van der Waals surface area contributed by atoms with Gasteiger partial charge in [0.1, 0.15) is 11.6 Å². The maximum Gasteiger partial charge on any atom is 0.326 e. The van der Waals surface area contributed by atoms with Crippen LogP contribution in [0.2, 0.25) is 20.1 Å². The summed E-state index contributed by atoms with van der Waals surface area (Å²) in [7, 11) is -4.25. The van der Waals surface area contributed by atoms with E-state index in [-0.39, 0.29) is 55.4 Å². The molecule has 3 aromatic rings. The van der Waals surface area contributed by atoms with Crippen molar-refractivity contribution >= 4 is 79.9 Å². The molecule has 2 fully saturated rings. The molecule has 2 amide bonds. The van der Waals surface area contributed by atoms with Gasteiger partial charge in [0.15, 0.2) is 0 Å². The van der Waals surface area contributed by atoms with Crippen LogP contribution >= 0.6 is 46.4 Å². The predicted molar refractivity (Wildman–Crippen MR) is 176 cm³/mol. The monoisotopic (exact) mass is 726 g/mol. The maximum atomic E-state index is 14.1. The van der Waals surface area contributed by atoms with E-state index in [1.165, 1.54) is 34.9 Å². The number of hydrogen-bond donors (Lipinski definition) is 3. The Morgan fingerprint density at radius 1 is 1.00 bits per heavy atom. The first-order valence-corrected chi connectivity index (χ1v) is 17.4. The molecule has 4 atom stereocenters. The van der Waals surface area contributed by atoms with Crippen molar-refractivity contribution in [2.75, 3.05) is 11.9 Å². The van der Waals surface area contributed by atoms with Gasteiger partial charge in [0.05, 0.1) is 20.5 Å². The molecule has 46 heavy (non-hydrogen) atoms. The first-order chi connectivity index (χ1) is 21.7. The highest BCUT2D eigenvalue weighted by molar-refractivity contribution is 7.89. The Morgan fingerprint density at radius 3 is 2.22 bits per heavy atom. The smallest absolute Gasteiger partial charge is 0.326 e. The van der Waals surface area contributed by atoms with Gasteiger partial charge >= 0.3 is 5.97 Å². The number of aromatic nitrogens is 1. The SMILES string of the molecule is CC1(C(=O)N[C@@H](Cc2ccc(NC(=O)c3c(Cl)cncc3Cl)cc2)C(=O)O)C2CCCCC2CN1S(=O)(=O)c1cc(Cl)cc(Cl)c1. The number of benzene rings is 2. The summed E-state index contributed by atoms with van der Waals surface area (Å²) in [5.74, 6) is -2.92. The maximum absolute atomic E-state index is 14.1. The molecule has 1 aromatic heterocycles. The predicted octanol–water partition coefficient (Wildman–Crippen LogP) is 6.33. The number of hydrogen-bond acceptors (Lipinski definition) is 6. The van der Waals surface area contributed by atoms with Gasteiger partial charge in [-0.05, 0) is 67.5 Å². The fourth-order valence-corrected chi connectivity index (χ4v) is 9.58. The van der Waals surface area contributed by atoms with Crippen LogP contribution in [-0.4, -0.2) is 58.7 Å². The molecule has 15 heteroatoms. The van der Waals surface area contributed by atoms with Crippen molar-refractivity contribution < 1.29 is 27.9 Å². The first kappa shape index (κ1) is 34.4. The minimum atomic E-state index is -4.25. The molecule has 5 rings (SSSR count). The Morgan fingerprint density at radius 2 is 1.61 bits per heavy atom. The molecule has 1 aliphatic carbocycles. The summed E-state index contributed by atoms with van der Waals surface area (Å²) >= 11 is 24.4. The summed E-state index contributed by atoms with van der Waals surface area (Å²) < 4.78 is 29.2. The molecule has 2 heterocycles. The summed E-state index contributed by atoms with van der Waals surface area (Å²) in [5.41, 5.74) is -0.546. The zero-order chi connectivity index (χ0) is 33.4. The van der Waals surface area contributed by atoms with Gasteiger partial charge in [-0.25, -0.2) is 13.2 Å². The second-order valence-electron chi connectivity index (χ2n) is 11.6. The fourth-order valence-electron chi connectivity index (χ4n) is 6.47. The molecule has 1 aliphatic heterocycles. The topological polar surface area (TPSA) is 146 Å². The van der Waals surface area contributed by atoms with E-state index >= 15 is 0 Å². The first-order valence-electron chi connectivity index (χ1n) is 14.4. The van der Waals surface area contributed by atoms with Gasteiger partial charge in [0.25, 0.3) is 5.91 Å². The van der Waals surface area contributed by atoms with Crippen molar-refractivity contribution in [1.29, 1.82) is 0 Å². The number of rotatable bonds is 9. The van der Waals surface area contributed by atoms with Crippen molar-refractivity contribution in [1.82, 2.24) is 14.6 Å². The van der Waals surface area contributed by atoms with E-state index in [4.69, 9.17) is 46.4 Å². The number of anilines is 1. The minimum Gasteiger partial charge on any atom is -0.480 e. The van der Waals surface area contributed by atoms with E-state index in [2.05, 4.69) is 15.6 Å². The lowest BCUT2D eigenvalue weighted by Gasteiger charge is -2.39. The molecular formula is C31H30Cl4N4O6S. The average molecular weight is 728 g/mol. The molecule has 10 nitrogen and oxygen atoms in total. The molecule has 0 bridgehead atoms. The number of nitrogens with zero attached hydrogens (tertiary/aromatic N) is 2. The van der Waals surface area contributed by atoms with Gasteiger partial charge in [-0.1, -0.05) is 71.4 Å². The quantitative estimate of drug-likeness (QED) is 0.234. The van der Waals surface area contributed by atoms with Crippen molar-refractivity contribution in [3.8, 4) is 0 Å². The lowest BCUT2D eigenvalue weighted by Crippen LogP contribution is -2.61. The minimum absolute atomic E-state index is 0.0613. The van der Waals surface area contributed by atoms with Crippen molar-refractivity contribution in [3.05, 3.63) is 86.1 Å². The largest absolute Gasteiger partial charge is 0.480 e. The number of fused-ring (bicyclic) bond motifs is 1. The molecule has 3 N–H and O–H groups in total. The zero-order valence-electron chi connectivity index (χ0n) is 24.5. The Balaban J connectivity index is 1.36. The zero-order valence-corrected chi connectivity index (χ0v) is 28.3. The number of carboxylic acids is 1. The molecule has 2 aliphatic rings. The average Bonchev–Trinajstić information content (AvgIpc) is 3.31. The van der Waals surface area contributed by atoms with Crippen LogP contribution in [0.1, 0.15) is 48.5 Å². The van der Waals surface area contributed by atoms with Crippen LogP contribution in [0.25, 0.3) is 0 Å². The second kappa shape index (κ2) is 13.7. The number of sulfonamides is 1. The van der Waals surface area contributed by atoms with Crippen LogP contribution < -0.4 is 10.6 Å². The van der Waals surface area contributed by atoms with E-state index in [1.807, 2.05) is 0 Å². The van der Waals surface area contributed by atoms with Gasteiger partial charge in [-0.2, -0.15) is 4.31 Å². The normalized spacial score (nSPS) is 22.1. The number of carbonyl (C=O) groups excluding carboxylic acids is 2. The molecule has 1 saturated heterocycles. The van der Waals surface area contributed by atoms with Crippen molar-refractivity contribution in [3.63, 3.8) is 0 Å². The third-order valence-electron chi connectivity index (χ3n) is 8.77. The highest BCUT2D eigenvalue weighted by Crippen LogP contribution is 2.49. The third-order valence-corrected chi connectivity index (χ3v) is 11.7. The molecular weight excluding hydrogens is 698 g/mol. The lowest BCUT2D eigenvalue weighted by molar-refractivity contribution is -0.144. The number of aliphatic carboxylic acids is 1. The van der Waals surface area contributed by atoms with Crippen LogP contribution in [0, 0.1) is 11.8 Å². The number of nitrogens with one attached hydrogen (secondary N) is 2. The van der Waals surface area contributed by atoms with Crippen LogP contribution in [0.3, 0.4) is 0 Å². The Bertz CT molecular complexity index is 1750. The van der Waals surface area contributed by atoms with Gasteiger partial charge in [0, 0.05) is 41.1 Å². The third kappa shape index (κ3) is 6.86. The van der Waals surface area contributed by atoms with E-state index in [0.717, 1.165) is 19.3 Å². The number of amides is 2. The highest BCUT2D eigenvalue weighted by Gasteiger charge is 2.60. The Kier molecular flexibility index (Phi) is 10.2. The van der Waals surface area contributed by atoms with Gasteiger partial charge in [-0.15, -0.1) is 0 Å². The summed E-state index contributed by atoms with van der Waals surface area (Å²) in [4.78, 5) is 42.9. The molecule has 2 aromatic carbocycles. The molecule has 0 spiro atoms. The number of halogens is 4. The van der Waals surface area contributed by atoms with E-state index in [1.54, 1.807) is 31.2 Å². The summed E-state index contributed by atoms with van der Waals surface area (Å²) in [6.07, 6.45) is 5.61. The van der Waals surface area contributed by atoms with Crippen molar-refractivity contribution in [2.24, 2.45) is 11.8 Å². The highest BCUT2D eigenvalue weighted by atomic mass is 35.5. The van der Waals surface area contributed by atoms with Crippen LogP contribution in [0.15, 0.2) is 59.8 Å². The fraction of sp³-hybridized carbons (Fsp3) is 0.355. The molecule has 244 valence electrons. The van der Waals surface area contributed by atoms with Crippen LogP contribution in [-0.2, 0) is 26.0 Å².